The second-order valence-electron chi connectivity index (χ2n) is 17.6. The van der Waals surface area contributed by atoms with Gasteiger partial charge >= 0.3 is 5.97 Å². The summed E-state index contributed by atoms with van der Waals surface area (Å²) in [4.78, 5) is 40.3. The van der Waals surface area contributed by atoms with E-state index in [9.17, 15) is 39.9 Å². The van der Waals surface area contributed by atoms with E-state index in [1.54, 1.807) is 20.8 Å². The van der Waals surface area contributed by atoms with E-state index in [4.69, 9.17) is 14.2 Å². The number of hydrogen-bond donors (Lipinski definition) is 5. The van der Waals surface area contributed by atoms with Gasteiger partial charge in [0, 0.05) is 48.5 Å². The summed E-state index contributed by atoms with van der Waals surface area (Å²) < 4.78 is 19.7. The number of carbonyl (C=O) groups is 3. The van der Waals surface area contributed by atoms with E-state index >= 15 is 0 Å². The summed E-state index contributed by atoms with van der Waals surface area (Å²) in [6.07, 6.45) is 10.1. The maximum absolute atomic E-state index is 13.5. The lowest BCUT2D eigenvalue weighted by Crippen LogP contribution is -2.57. The van der Waals surface area contributed by atoms with Crippen molar-refractivity contribution in [1.29, 1.82) is 0 Å². The molecule has 2 saturated heterocycles. The van der Waals surface area contributed by atoms with Crippen molar-refractivity contribution in [1.82, 2.24) is 0 Å². The van der Waals surface area contributed by atoms with Crippen molar-refractivity contribution >= 4 is 17.5 Å². The van der Waals surface area contributed by atoms with Crippen LogP contribution in [-0.4, -0.2) is 97.2 Å². The minimum atomic E-state index is -2.18. The molecule has 0 aromatic carbocycles. The molecule has 1 spiro atoms. The number of rotatable bonds is 3. The topological polar surface area (TPSA) is 180 Å². The van der Waals surface area contributed by atoms with Gasteiger partial charge < -0.3 is 39.7 Å². The van der Waals surface area contributed by atoms with Crippen molar-refractivity contribution < 1.29 is 54.1 Å². The fraction of sp³-hybridized carbons (Fsp3) is 0.795. The minimum absolute atomic E-state index is 0.144. The Morgan fingerprint density at radius 1 is 0.836 bits per heavy atom. The van der Waals surface area contributed by atoms with Crippen LogP contribution < -0.4 is 0 Å². The highest BCUT2D eigenvalue weighted by molar-refractivity contribution is 5.91. The Bertz CT molecular complexity index is 1350. The molecule has 3 rings (SSSR count). The number of fused-ring (bicyclic) bond motifs is 2. The van der Waals surface area contributed by atoms with Gasteiger partial charge in [0.15, 0.2) is 11.6 Å². The Hall–Kier alpha value is -2.25. The summed E-state index contributed by atoms with van der Waals surface area (Å²) in [6, 6.07) is 0. The Labute approximate surface area is 329 Å². The maximum atomic E-state index is 13.5. The number of aliphatic hydroxyl groups is 5. The van der Waals surface area contributed by atoms with Crippen LogP contribution in [0.1, 0.15) is 121 Å². The molecule has 11 nitrogen and oxygen atoms in total. The molecule has 0 radical (unpaired) electrons. The van der Waals surface area contributed by atoms with Crippen LogP contribution >= 0.6 is 0 Å². The zero-order chi connectivity index (χ0) is 41.4. The second kappa shape index (κ2) is 20.4. The van der Waals surface area contributed by atoms with Crippen LogP contribution in [0.4, 0.5) is 0 Å². The Balaban J connectivity index is 1.95. The molecule has 0 amide bonds. The molecular weight excluding hydrogens is 704 g/mol. The quantitative estimate of drug-likeness (QED) is 0.224. The molecule has 2 fully saturated rings. The van der Waals surface area contributed by atoms with Gasteiger partial charge in [-0.2, -0.15) is 0 Å². The number of esters is 1. The van der Waals surface area contributed by atoms with Crippen LogP contribution in [0.15, 0.2) is 36.5 Å². The lowest BCUT2D eigenvalue weighted by molar-refractivity contribution is -0.347. The molecule has 0 aliphatic carbocycles. The highest BCUT2D eigenvalue weighted by Crippen LogP contribution is 2.46. The molecule has 3 aliphatic rings. The fourth-order valence-electron chi connectivity index (χ4n) is 8.60. The number of ether oxygens (including phenoxy) is 3. The van der Waals surface area contributed by atoms with Crippen molar-refractivity contribution in [2.24, 2.45) is 47.3 Å². The van der Waals surface area contributed by atoms with Gasteiger partial charge in [-0.15, -0.1) is 0 Å². The number of aliphatic hydroxyl groups excluding tert-OH is 4. The van der Waals surface area contributed by atoms with Gasteiger partial charge in [0.05, 0.1) is 36.6 Å². The predicted octanol–water partition coefficient (Wildman–Crippen LogP) is 5.64. The van der Waals surface area contributed by atoms with E-state index in [2.05, 4.69) is 19.9 Å². The Morgan fingerprint density at radius 3 is 2.13 bits per heavy atom. The summed E-state index contributed by atoms with van der Waals surface area (Å²) in [7, 11) is 0. The number of hydrogen-bond acceptors (Lipinski definition) is 11. The van der Waals surface area contributed by atoms with E-state index in [1.807, 2.05) is 25.2 Å². The van der Waals surface area contributed by atoms with Gasteiger partial charge in [-0.1, -0.05) is 85.8 Å². The fourth-order valence-corrected chi connectivity index (χ4v) is 8.60. The number of ketones is 2. The van der Waals surface area contributed by atoms with E-state index in [1.165, 1.54) is 39.8 Å². The van der Waals surface area contributed by atoms with Gasteiger partial charge in [0.2, 0.25) is 0 Å². The van der Waals surface area contributed by atoms with Gasteiger partial charge in [-0.05, 0) is 70.1 Å². The molecule has 0 aromatic rings. The highest BCUT2D eigenvalue weighted by atomic mass is 16.7. The van der Waals surface area contributed by atoms with Gasteiger partial charge in [0.1, 0.15) is 17.5 Å². The molecule has 3 heterocycles. The number of Topliss-reactive ketones (excluding diaryl/α,β-unsaturated/α-hetero) is 2. The third-order valence-corrected chi connectivity index (χ3v) is 12.9. The van der Waals surface area contributed by atoms with E-state index in [0.717, 1.165) is 19.3 Å². The molecule has 0 aromatic heterocycles. The summed E-state index contributed by atoms with van der Waals surface area (Å²) >= 11 is 0. The van der Waals surface area contributed by atoms with Crippen molar-refractivity contribution in [3.05, 3.63) is 36.5 Å². The molecule has 314 valence electrons. The molecular formula is C44H72O11. The van der Waals surface area contributed by atoms with Crippen LogP contribution in [0.2, 0.25) is 0 Å². The summed E-state index contributed by atoms with van der Waals surface area (Å²) in [5.41, 5.74) is -2.18. The Morgan fingerprint density at radius 2 is 1.49 bits per heavy atom. The van der Waals surface area contributed by atoms with Crippen molar-refractivity contribution in [2.75, 3.05) is 0 Å². The van der Waals surface area contributed by atoms with E-state index in [-0.39, 0.29) is 30.0 Å². The number of allylic oxidation sites excluding steroid dienone is 4. The highest BCUT2D eigenvalue weighted by Gasteiger charge is 2.51. The summed E-state index contributed by atoms with van der Waals surface area (Å²) in [6.45, 7) is 17.1. The summed E-state index contributed by atoms with van der Waals surface area (Å²) in [5.74, 6) is -6.86. The zero-order valence-corrected chi connectivity index (χ0v) is 35.0. The van der Waals surface area contributed by atoms with Crippen molar-refractivity contribution in [3.8, 4) is 0 Å². The molecule has 2 bridgehead atoms. The first kappa shape index (κ1) is 47.1. The maximum Gasteiger partial charge on any atom is 0.330 e. The van der Waals surface area contributed by atoms with Crippen LogP contribution in [0.5, 0.6) is 0 Å². The lowest BCUT2D eigenvalue weighted by Gasteiger charge is -2.52. The first-order valence-corrected chi connectivity index (χ1v) is 20.8. The standard InChI is InChI=1S/C44H72O11/c1-11-33-16-14-12-13-15-27(4)41(50)43(10,52)42(51)32(9)40(49)31(8)39(48)30(7)38(47)26(3)17-20-37(46)53-36-24-44(54-34(19-18-33)29(36)6)22-21-25(2)35(55-44)23-28(5)45/h12-14,16-17,20,25-36,38,40-41,45,47,49-50,52H,11,15,18-19,21-24H2,1-10H3/b13-12-,16-14-,20-17-/t25-,26-,27+,28+,29+,30-,31-,32-,33-,34-,35-,36-,38+,40+,41-,43+,44-/m0/s1. The third-order valence-electron chi connectivity index (χ3n) is 12.9. The molecule has 3 aliphatic heterocycles. The molecule has 11 heteroatoms. The largest absolute Gasteiger partial charge is 0.459 e. The van der Waals surface area contributed by atoms with Gasteiger partial charge in [0.25, 0.3) is 0 Å². The third kappa shape index (κ3) is 12.1. The summed E-state index contributed by atoms with van der Waals surface area (Å²) in [5, 5.41) is 54.9. The minimum Gasteiger partial charge on any atom is -0.459 e. The predicted molar refractivity (Wildman–Crippen MR) is 210 cm³/mol. The molecule has 17 atom stereocenters. The van der Waals surface area contributed by atoms with Crippen LogP contribution in [0, 0.1) is 47.3 Å². The van der Waals surface area contributed by atoms with Crippen molar-refractivity contribution in [2.45, 2.75) is 175 Å². The molecule has 55 heavy (non-hydrogen) atoms. The molecule has 0 saturated carbocycles. The van der Waals surface area contributed by atoms with E-state index in [0.29, 0.717) is 32.1 Å². The van der Waals surface area contributed by atoms with Gasteiger partial charge in [-0.25, -0.2) is 4.79 Å². The molecule has 5 N–H and O–H groups in total. The van der Waals surface area contributed by atoms with Crippen molar-refractivity contribution in [3.63, 3.8) is 0 Å². The smallest absolute Gasteiger partial charge is 0.330 e. The first-order valence-electron chi connectivity index (χ1n) is 20.8. The first-order chi connectivity index (χ1) is 25.6. The SMILES string of the molecule is CC[C@H]1/C=C\C=C/C[C@@H](C)[C@H](O)[C@@](C)(O)C(=O)[C@@H](C)[C@H](O)[C@@H](C)C(=O)[C@@H](C)[C@H](O)[C@@H](C)/C=C\C(=O)O[C@H]2C[C@@]3(CC[C@H](C)[C@H](C[C@@H](C)O)O3)O[C@@H](CC1)[C@H]2C. The van der Waals surface area contributed by atoms with Crippen LogP contribution in [0.25, 0.3) is 0 Å². The normalized spacial score (nSPS) is 46.1. The van der Waals surface area contributed by atoms with Crippen LogP contribution in [0.3, 0.4) is 0 Å². The second-order valence-corrected chi connectivity index (χ2v) is 17.6. The average molecular weight is 777 g/mol. The van der Waals surface area contributed by atoms with E-state index < -0.39 is 89.0 Å². The lowest BCUT2D eigenvalue weighted by atomic mass is 9.75. The van der Waals surface area contributed by atoms with Crippen LogP contribution in [-0.2, 0) is 28.6 Å². The monoisotopic (exact) mass is 777 g/mol. The zero-order valence-electron chi connectivity index (χ0n) is 35.0. The van der Waals surface area contributed by atoms with Gasteiger partial charge in [-0.3, -0.25) is 9.59 Å². The Kier molecular flexibility index (Phi) is 17.5. The molecule has 0 unspecified atom stereocenters. The number of carbonyl (C=O) groups excluding carboxylic acids is 3. The average Bonchev–Trinajstić information content (AvgIpc) is 3.14.